The van der Waals surface area contributed by atoms with E-state index in [1.165, 1.54) is 0 Å². The fraction of sp³-hybridized carbons (Fsp3) is 0.200. The molecule has 10 heteroatoms. The van der Waals surface area contributed by atoms with E-state index in [0.717, 1.165) is 24.3 Å². The molecular weight excluding hydrogens is 277 g/mol. The molecule has 0 bridgehead atoms. The molecule has 0 atom stereocenters. The summed E-state index contributed by atoms with van der Waals surface area (Å²) in [6, 6.07) is 3.51. The highest BCUT2D eigenvalue weighted by Gasteiger charge is 2.29. The molecule has 7 nitrogen and oxygen atoms in total. The average molecular weight is 286 g/mol. The molecule has 0 aliphatic carbocycles. The molecular formula is C10H9F3N6O. The lowest BCUT2D eigenvalue weighted by Gasteiger charge is -2.09. The summed E-state index contributed by atoms with van der Waals surface area (Å²) < 4.78 is 37.0. The number of aromatic amines is 1. The molecule has 106 valence electrons. The lowest BCUT2D eigenvalue weighted by atomic mass is 10.2. The number of tetrazole rings is 1. The molecule has 0 saturated carbocycles. The molecule has 0 aliphatic heterocycles. The number of urea groups is 1. The minimum Gasteiger partial charge on any atom is -0.330 e. The number of alkyl halides is 3. The number of hydrogen-bond donors (Lipinski definition) is 3. The van der Waals surface area contributed by atoms with Crippen LogP contribution in [-0.4, -0.2) is 26.7 Å². The van der Waals surface area contributed by atoms with Crippen LogP contribution in [0.1, 0.15) is 11.4 Å². The second-order valence-corrected chi connectivity index (χ2v) is 3.71. The van der Waals surface area contributed by atoms with Crippen LogP contribution in [0.15, 0.2) is 24.3 Å². The minimum atomic E-state index is -4.40. The maximum Gasteiger partial charge on any atom is 0.416 e. The van der Waals surface area contributed by atoms with Gasteiger partial charge in [-0.05, 0) is 24.3 Å². The highest BCUT2D eigenvalue weighted by atomic mass is 19.4. The van der Waals surface area contributed by atoms with Gasteiger partial charge in [-0.1, -0.05) is 5.21 Å². The van der Waals surface area contributed by atoms with E-state index in [4.69, 9.17) is 0 Å². The van der Waals surface area contributed by atoms with Crippen molar-refractivity contribution in [2.75, 3.05) is 5.32 Å². The second kappa shape index (κ2) is 5.55. The number of benzene rings is 1. The van der Waals surface area contributed by atoms with Crippen LogP contribution in [0.2, 0.25) is 0 Å². The number of nitrogens with zero attached hydrogens (tertiary/aromatic N) is 3. The van der Waals surface area contributed by atoms with E-state index in [2.05, 4.69) is 31.3 Å². The molecule has 2 rings (SSSR count). The fourth-order valence-electron chi connectivity index (χ4n) is 1.33. The van der Waals surface area contributed by atoms with E-state index in [-0.39, 0.29) is 18.1 Å². The van der Waals surface area contributed by atoms with Crippen molar-refractivity contribution in [2.45, 2.75) is 12.7 Å². The fourth-order valence-corrected chi connectivity index (χ4v) is 1.33. The third-order valence-corrected chi connectivity index (χ3v) is 2.27. The molecule has 20 heavy (non-hydrogen) atoms. The summed E-state index contributed by atoms with van der Waals surface area (Å²) in [5.74, 6) is 0.285. The number of rotatable bonds is 3. The monoisotopic (exact) mass is 286 g/mol. The molecule has 1 aromatic carbocycles. The van der Waals surface area contributed by atoms with Gasteiger partial charge in [0, 0.05) is 5.69 Å². The molecule has 1 heterocycles. The Morgan fingerprint density at radius 2 is 1.95 bits per heavy atom. The predicted molar refractivity (Wildman–Crippen MR) is 61.5 cm³/mol. The number of anilines is 1. The smallest absolute Gasteiger partial charge is 0.330 e. The van der Waals surface area contributed by atoms with E-state index in [1.54, 1.807) is 0 Å². The summed E-state index contributed by atoms with van der Waals surface area (Å²) in [4.78, 5) is 11.5. The quantitative estimate of drug-likeness (QED) is 0.797. The van der Waals surface area contributed by atoms with Gasteiger partial charge < -0.3 is 10.6 Å². The van der Waals surface area contributed by atoms with Gasteiger partial charge in [0.05, 0.1) is 12.1 Å². The van der Waals surface area contributed by atoms with Gasteiger partial charge in [-0.2, -0.15) is 18.4 Å². The van der Waals surface area contributed by atoms with Crippen LogP contribution in [0.25, 0.3) is 0 Å². The number of carbonyl (C=O) groups is 1. The molecule has 0 spiro atoms. The van der Waals surface area contributed by atoms with Crippen LogP contribution < -0.4 is 10.6 Å². The van der Waals surface area contributed by atoms with Gasteiger partial charge in [-0.25, -0.2) is 4.79 Å². The molecule has 0 saturated heterocycles. The van der Waals surface area contributed by atoms with E-state index >= 15 is 0 Å². The number of carbonyl (C=O) groups excluding carboxylic acids is 1. The summed E-state index contributed by atoms with van der Waals surface area (Å²) in [5.41, 5.74) is -0.543. The van der Waals surface area contributed by atoms with Crippen LogP contribution in [-0.2, 0) is 12.7 Å². The van der Waals surface area contributed by atoms with Crippen molar-refractivity contribution >= 4 is 11.7 Å². The van der Waals surface area contributed by atoms with Gasteiger partial charge in [0.25, 0.3) is 0 Å². The second-order valence-electron chi connectivity index (χ2n) is 3.71. The predicted octanol–water partition coefficient (Wildman–Crippen LogP) is 1.54. The Hall–Kier alpha value is -2.65. The first-order chi connectivity index (χ1) is 9.45. The number of H-pyrrole nitrogens is 1. The third-order valence-electron chi connectivity index (χ3n) is 2.27. The summed E-state index contributed by atoms with van der Waals surface area (Å²) in [6.07, 6.45) is -4.40. The maximum absolute atomic E-state index is 12.3. The normalized spacial score (nSPS) is 11.2. The van der Waals surface area contributed by atoms with Crippen molar-refractivity contribution in [2.24, 2.45) is 0 Å². The van der Waals surface area contributed by atoms with Gasteiger partial charge in [-0.3, -0.25) is 0 Å². The summed E-state index contributed by atoms with van der Waals surface area (Å²) >= 11 is 0. The van der Waals surface area contributed by atoms with Gasteiger partial charge in [0.2, 0.25) is 0 Å². The lowest BCUT2D eigenvalue weighted by Crippen LogP contribution is -2.28. The van der Waals surface area contributed by atoms with E-state index < -0.39 is 17.8 Å². The Labute approximate surface area is 110 Å². The van der Waals surface area contributed by atoms with Crippen LogP contribution in [0, 0.1) is 0 Å². The molecule has 0 fully saturated rings. The number of hydrogen-bond acceptors (Lipinski definition) is 4. The highest BCUT2D eigenvalue weighted by Crippen LogP contribution is 2.29. The summed E-state index contributed by atoms with van der Waals surface area (Å²) in [5, 5.41) is 17.6. The first kappa shape index (κ1) is 13.8. The van der Waals surface area contributed by atoms with E-state index in [9.17, 15) is 18.0 Å². The van der Waals surface area contributed by atoms with Crippen LogP contribution in [0.3, 0.4) is 0 Å². The Morgan fingerprint density at radius 1 is 1.25 bits per heavy atom. The van der Waals surface area contributed by atoms with Crippen molar-refractivity contribution in [1.82, 2.24) is 25.9 Å². The van der Waals surface area contributed by atoms with E-state index in [1.807, 2.05) is 0 Å². The highest BCUT2D eigenvalue weighted by molar-refractivity contribution is 5.89. The van der Waals surface area contributed by atoms with Gasteiger partial charge in [0.1, 0.15) is 0 Å². The van der Waals surface area contributed by atoms with Crippen molar-refractivity contribution < 1.29 is 18.0 Å². The molecule has 0 unspecified atom stereocenters. The topological polar surface area (TPSA) is 95.6 Å². The van der Waals surface area contributed by atoms with Crippen molar-refractivity contribution in [3.63, 3.8) is 0 Å². The zero-order valence-electron chi connectivity index (χ0n) is 9.90. The molecule has 3 N–H and O–H groups in total. The maximum atomic E-state index is 12.3. The van der Waals surface area contributed by atoms with Crippen LogP contribution in [0.5, 0.6) is 0 Å². The number of aromatic nitrogens is 4. The van der Waals surface area contributed by atoms with Gasteiger partial charge in [-0.15, -0.1) is 10.2 Å². The van der Waals surface area contributed by atoms with E-state index in [0.29, 0.717) is 0 Å². The lowest BCUT2D eigenvalue weighted by molar-refractivity contribution is -0.137. The largest absolute Gasteiger partial charge is 0.416 e. The van der Waals surface area contributed by atoms with Crippen molar-refractivity contribution in [3.05, 3.63) is 35.7 Å². The number of nitrogens with one attached hydrogen (secondary N) is 3. The first-order valence-corrected chi connectivity index (χ1v) is 5.39. The number of amides is 2. The Morgan fingerprint density at radius 3 is 2.50 bits per heavy atom. The van der Waals surface area contributed by atoms with Crippen molar-refractivity contribution in [1.29, 1.82) is 0 Å². The first-order valence-electron chi connectivity index (χ1n) is 5.39. The average Bonchev–Trinajstić information content (AvgIpc) is 2.89. The Bertz CT molecular complexity index is 566. The van der Waals surface area contributed by atoms with Crippen molar-refractivity contribution in [3.8, 4) is 0 Å². The summed E-state index contributed by atoms with van der Waals surface area (Å²) in [6.45, 7) is 0.0446. The molecule has 1 aromatic heterocycles. The van der Waals surface area contributed by atoms with Crippen LogP contribution >= 0.6 is 0 Å². The number of halogens is 3. The van der Waals surface area contributed by atoms with Crippen LogP contribution in [0.4, 0.5) is 23.7 Å². The molecule has 0 radical (unpaired) electrons. The summed E-state index contributed by atoms with van der Waals surface area (Å²) in [7, 11) is 0. The standard InChI is InChI=1S/C10H9F3N6O/c11-10(12,13)6-1-3-7(4-2-6)15-9(20)14-5-8-16-18-19-17-8/h1-4H,5H2,(H2,14,15,20)(H,16,17,18,19). The minimum absolute atomic E-state index is 0.0446. The molecule has 0 aliphatic rings. The zero-order valence-corrected chi connectivity index (χ0v) is 9.90. The van der Waals surface area contributed by atoms with Gasteiger partial charge in [0.15, 0.2) is 5.82 Å². The zero-order chi connectivity index (χ0) is 14.6. The Kier molecular flexibility index (Phi) is 3.82. The van der Waals surface area contributed by atoms with Gasteiger partial charge >= 0.3 is 12.2 Å². The third kappa shape index (κ3) is 3.67. The molecule has 2 aromatic rings. The molecule has 2 amide bonds. The SMILES string of the molecule is O=C(NCc1nn[nH]n1)Nc1ccc(C(F)(F)F)cc1. The Balaban J connectivity index is 1.88.